The zero-order valence-electron chi connectivity index (χ0n) is 18.6. The molecule has 1 aliphatic carbocycles. The summed E-state index contributed by atoms with van der Waals surface area (Å²) < 4.78 is 33.8. The molecule has 1 fully saturated rings. The minimum Gasteiger partial charge on any atom is -0.494 e. The molecule has 1 atom stereocenters. The minimum absolute atomic E-state index is 0.0145. The zero-order chi connectivity index (χ0) is 23.6. The number of hydrogen-bond acceptors (Lipinski definition) is 4. The molecule has 33 heavy (non-hydrogen) atoms. The van der Waals surface area contributed by atoms with Gasteiger partial charge in [-0.05, 0) is 56.4 Å². The summed E-state index contributed by atoms with van der Waals surface area (Å²) in [6.45, 7) is 1.80. The number of nitrogens with one attached hydrogen (secondary N) is 3. The number of rotatable bonds is 6. The molecule has 2 amide bonds. The predicted molar refractivity (Wildman–Crippen MR) is 120 cm³/mol. The topological polar surface area (TPSA) is 99.3 Å². The Hall–Kier alpha value is -3.20. The van der Waals surface area contributed by atoms with Gasteiger partial charge in [0.05, 0.1) is 29.8 Å². The van der Waals surface area contributed by atoms with E-state index in [0.717, 1.165) is 5.52 Å². The van der Waals surface area contributed by atoms with Crippen LogP contribution in [0.2, 0.25) is 0 Å². The average molecular weight is 459 g/mol. The lowest BCUT2D eigenvalue weighted by Crippen LogP contribution is -2.47. The number of ether oxygens (including phenoxy) is 1. The largest absolute Gasteiger partial charge is 0.494 e. The van der Waals surface area contributed by atoms with Crippen LogP contribution in [-0.4, -0.2) is 39.9 Å². The van der Waals surface area contributed by atoms with Crippen LogP contribution in [0.4, 0.5) is 13.6 Å². The first-order chi connectivity index (χ1) is 15.8. The zero-order valence-corrected chi connectivity index (χ0v) is 18.6. The number of hydrogen-bond donors (Lipinski definition) is 4. The van der Waals surface area contributed by atoms with Crippen molar-refractivity contribution < 1.29 is 23.4 Å². The number of fused-ring (bicyclic) bond motifs is 1. The maximum Gasteiger partial charge on any atom is 0.315 e. The maximum atomic E-state index is 14.7. The highest BCUT2D eigenvalue weighted by Gasteiger charge is 2.30. The Kier molecular flexibility index (Phi) is 6.51. The fraction of sp³-hybridized carbons (Fsp3) is 0.417. The van der Waals surface area contributed by atoms with Crippen LogP contribution in [0.15, 0.2) is 36.4 Å². The number of para-hydroxylation sites is 2. The number of imidazole rings is 1. The van der Waals surface area contributed by atoms with Gasteiger partial charge in [0.15, 0.2) is 11.6 Å². The molecule has 1 saturated carbocycles. The Bertz CT molecular complexity index is 1100. The van der Waals surface area contributed by atoms with E-state index in [1.807, 2.05) is 24.3 Å². The van der Waals surface area contributed by atoms with Gasteiger partial charge in [-0.2, -0.15) is 4.39 Å². The number of nitrogens with zero attached hydrogens (tertiary/aromatic N) is 1. The summed E-state index contributed by atoms with van der Waals surface area (Å²) in [4.78, 5) is 20.5. The third kappa shape index (κ3) is 5.24. The van der Waals surface area contributed by atoms with E-state index in [2.05, 4.69) is 20.6 Å². The van der Waals surface area contributed by atoms with Crippen LogP contribution in [0.25, 0.3) is 11.0 Å². The van der Waals surface area contributed by atoms with Gasteiger partial charge in [0, 0.05) is 12.5 Å². The molecule has 1 aliphatic rings. The van der Waals surface area contributed by atoms with E-state index in [9.17, 15) is 18.7 Å². The van der Waals surface area contributed by atoms with Crippen molar-refractivity contribution in [1.82, 2.24) is 20.6 Å². The van der Waals surface area contributed by atoms with Crippen LogP contribution in [-0.2, 0) is 6.42 Å². The lowest BCUT2D eigenvalue weighted by Gasteiger charge is -2.33. The van der Waals surface area contributed by atoms with Crippen LogP contribution in [0.5, 0.6) is 5.75 Å². The summed E-state index contributed by atoms with van der Waals surface area (Å²) in [6, 6.07) is 8.95. The quantitative estimate of drug-likeness (QED) is 0.446. The molecular formula is C24H28F2N4O3. The molecule has 3 aromatic rings. The number of aliphatic hydroxyl groups is 1. The maximum absolute atomic E-state index is 14.7. The summed E-state index contributed by atoms with van der Waals surface area (Å²) in [6.07, 6.45) is 2.50. The molecule has 0 bridgehead atoms. The smallest absolute Gasteiger partial charge is 0.315 e. The Labute approximate surface area is 190 Å². The van der Waals surface area contributed by atoms with Crippen molar-refractivity contribution in [1.29, 1.82) is 0 Å². The number of H-pyrrole nitrogens is 1. The summed E-state index contributed by atoms with van der Waals surface area (Å²) in [5, 5.41) is 15.9. The van der Waals surface area contributed by atoms with Crippen LogP contribution < -0.4 is 15.4 Å². The average Bonchev–Trinajstić information content (AvgIpc) is 3.22. The van der Waals surface area contributed by atoms with Gasteiger partial charge in [0.2, 0.25) is 5.82 Å². The van der Waals surface area contributed by atoms with Crippen molar-refractivity contribution in [2.24, 2.45) is 0 Å². The molecule has 176 valence electrons. The second-order valence-corrected chi connectivity index (χ2v) is 8.84. The number of benzene rings is 2. The molecule has 7 nitrogen and oxygen atoms in total. The molecule has 2 aromatic carbocycles. The first-order valence-corrected chi connectivity index (χ1v) is 11.0. The molecule has 4 N–H and O–H groups in total. The van der Waals surface area contributed by atoms with E-state index < -0.39 is 29.3 Å². The lowest BCUT2D eigenvalue weighted by molar-refractivity contribution is 0.0151. The molecule has 1 aromatic heterocycles. The van der Waals surface area contributed by atoms with Gasteiger partial charge in [0.25, 0.3) is 0 Å². The van der Waals surface area contributed by atoms with Crippen molar-refractivity contribution in [2.75, 3.05) is 7.11 Å². The van der Waals surface area contributed by atoms with E-state index in [0.29, 0.717) is 37.0 Å². The van der Waals surface area contributed by atoms with Crippen LogP contribution in [0, 0.1) is 11.6 Å². The van der Waals surface area contributed by atoms with Crippen LogP contribution in [0.1, 0.15) is 50.0 Å². The molecule has 0 saturated heterocycles. The fourth-order valence-electron chi connectivity index (χ4n) is 4.23. The van der Waals surface area contributed by atoms with Gasteiger partial charge in [0.1, 0.15) is 5.82 Å². The highest BCUT2D eigenvalue weighted by atomic mass is 19.2. The van der Waals surface area contributed by atoms with E-state index in [-0.39, 0.29) is 23.8 Å². The fourth-order valence-corrected chi connectivity index (χ4v) is 4.23. The molecule has 4 rings (SSSR count). The first-order valence-electron chi connectivity index (χ1n) is 11.0. The summed E-state index contributed by atoms with van der Waals surface area (Å²) in [5.41, 5.74) is 0.862. The first kappa shape index (κ1) is 23.0. The lowest BCUT2D eigenvalue weighted by atomic mass is 9.84. The van der Waals surface area contributed by atoms with E-state index >= 15 is 0 Å². The number of halogens is 2. The third-order valence-electron chi connectivity index (χ3n) is 6.21. The van der Waals surface area contributed by atoms with Crippen molar-refractivity contribution in [3.8, 4) is 5.75 Å². The summed E-state index contributed by atoms with van der Waals surface area (Å²) in [7, 11) is 1.27. The Morgan fingerprint density at radius 2 is 1.97 bits per heavy atom. The number of methoxy groups -OCH3 is 1. The second-order valence-electron chi connectivity index (χ2n) is 8.84. The molecule has 9 heteroatoms. The minimum atomic E-state index is -1.07. The standard InChI is InChI=1S/C24H28F2N4O3/c1-24(32)11-9-15(10-12-24)27-23(31)30-18(22-28-16-5-3-4-6-17(16)29-22)13-14-7-8-19(33-2)21(26)20(14)25/h3-8,15,18,32H,9-13H2,1-2H3,(H,28,29)(H2,27,30,31)/t15-,18-,24+/m1/s1. The van der Waals surface area contributed by atoms with E-state index in [4.69, 9.17) is 4.74 Å². The van der Waals surface area contributed by atoms with Gasteiger partial charge in [-0.1, -0.05) is 18.2 Å². The van der Waals surface area contributed by atoms with Gasteiger partial charge in [-0.3, -0.25) is 0 Å². The van der Waals surface area contributed by atoms with Crippen molar-refractivity contribution in [3.63, 3.8) is 0 Å². The van der Waals surface area contributed by atoms with Gasteiger partial charge >= 0.3 is 6.03 Å². The predicted octanol–water partition coefficient (Wildman–Crippen LogP) is 4.13. The van der Waals surface area contributed by atoms with Gasteiger partial charge in [-0.15, -0.1) is 0 Å². The molecular weight excluding hydrogens is 430 g/mol. The number of urea groups is 1. The normalized spacial score (nSPS) is 21.5. The second kappa shape index (κ2) is 9.35. The van der Waals surface area contributed by atoms with Crippen molar-refractivity contribution in [3.05, 3.63) is 59.4 Å². The van der Waals surface area contributed by atoms with Crippen LogP contribution >= 0.6 is 0 Å². The number of amides is 2. The third-order valence-corrected chi connectivity index (χ3v) is 6.21. The Morgan fingerprint density at radius 3 is 2.67 bits per heavy atom. The van der Waals surface area contributed by atoms with Crippen LogP contribution in [0.3, 0.4) is 0 Å². The molecule has 0 radical (unpaired) electrons. The van der Waals surface area contributed by atoms with Crippen molar-refractivity contribution >= 4 is 17.1 Å². The van der Waals surface area contributed by atoms with E-state index in [1.165, 1.54) is 19.2 Å². The SMILES string of the molecule is COc1ccc(C[C@@H](NC(=O)N[C@H]2CC[C@@](C)(O)CC2)c2nc3ccccc3[nH]2)c(F)c1F. The van der Waals surface area contributed by atoms with Gasteiger partial charge in [-0.25, -0.2) is 14.2 Å². The van der Waals surface area contributed by atoms with Crippen molar-refractivity contribution in [2.45, 2.75) is 56.7 Å². The van der Waals surface area contributed by atoms with Gasteiger partial charge < -0.3 is 25.5 Å². The highest BCUT2D eigenvalue weighted by Crippen LogP contribution is 2.29. The number of aromatic amines is 1. The molecule has 1 heterocycles. The summed E-state index contributed by atoms with van der Waals surface area (Å²) in [5.74, 6) is -1.84. The van der Waals surface area contributed by atoms with E-state index in [1.54, 1.807) is 6.92 Å². The summed E-state index contributed by atoms with van der Waals surface area (Å²) >= 11 is 0. The number of carbonyl (C=O) groups excluding carboxylic acids is 1. The monoisotopic (exact) mass is 458 g/mol. The molecule has 0 unspecified atom stereocenters. The number of aromatic nitrogens is 2. The Morgan fingerprint density at radius 1 is 1.24 bits per heavy atom. The molecule has 0 aliphatic heterocycles. The molecule has 0 spiro atoms. The number of carbonyl (C=O) groups is 1. The highest BCUT2D eigenvalue weighted by molar-refractivity contribution is 5.76. The Balaban J connectivity index is 1.55.